The van der Waals surface area contributed by atoms with Crippen LogP contribution < -0.4 is 4.74 Å². The van der Waals surface area contributed by atoms with Crippen molar-refractivity contribution in [3.05, 3.63) is 23.9 Å². The zero-order chi connectivity index (χ0) is 15.5. The molecule has 0 aliphatic carbocycles. The highest BCUT2D eigenvalue weighted by molar-refractivity contribution is 5.94. The predicted octanol–water partition coefficient (Wildman–Crippen LogP) is 1.62. The molecule has 2 rings (SSSR count). The summed E-state index contributed by atoms with van der Waals surface area (Å²) in [6.45, 7) is -0.626. The Kier molecular flexibility index (Phi) is 4.66. The number of hydrogen-bond acceptors (Lipinski definition) is 4. The summed E-state index contributed by atoms with van der Waals surface area (Å²) in [5.74, 6) is -0.494. The molecule has 0 spiro atoms. The number of amides is 1. The first-order chi connectivity index (χ1) is 9.85. The van der Waals surface area contributed by atoms with E-state index in [4.69, 9.17) is 0 Å². The summed E-state index contributed by atoms with van der Waals surface area (Å²) < 4.78 is 40.4. The molecule has 1 aromatic rings. The number of carbonyl (C=O) groups is 1. The standard InChI is InChI=1S/C13H15F3N2O3/c14-13(15,16)8-21-11-4-3-9(6-17-11)12(20)18-5-1-2-10(19)7-18/h3-4,6,10,19H,1-2,5,7-8H2. The van der Waals surface area contributed by atoms with E-state index in [1.165, 1.54) is 23.2 Å². The highest BCUT2D eigenvalue weighted by Crippen LogP contribution is 2.18. The molecule has 0 aromatic carbocycles. The number of halogens is 3. The first-order valence-corrected chi connectivity index (χ1v) is 6.48. The van der Waals surface area contributed by atoms with Gasteiger partial charge in [-0.1, -0.05) is 0 Å². The number of aromatic nitrogens is 1. The minimum Gasteiger partial charge on any atom is -0.468 e. The maximum absolute atomic E-state index is 12.1. The smallest absolute Gasteiger partial charge is 0.422 e. The lowest BCUT2D eigenvalue weighted by Crippen LogP contribution is -2.42. The summed E-state index contributed by atoms with van der Waals surface area (Å²) in [5.41, 5.74) is 0.253. The Morgan fingerprint density at radius 2 is 2.24 bits per heavy atom. The lowest BCUT2D eigenvalue weighted by molar-refractivity contribution is -0.154. The van der Waals surface area contributed by atoms with Gasteiger partial charge in [-0.25, -0.2) is 4.98 Å². The number of β-amino-alcohol motifs (C(OH)–C–C–N with tert-alkyl or cyclic N) is 1. The van der Waals surface area contributed by atoms with Gasteiger partial charge in [-0.05, 0) is 18.9 Å². The topological polar surface area (TPSA) is 62.7 Å². The van der Waals surface area contributed by atoms with Gasteiger partial charge in [0.25, 0.3) is 5.91 Å². The molecule has 0 saturated carbocycles. The summed E-state index contributed by atoms with van der Waals surface area (Å²) in [4.78, 5) is 17.3. The molecule has 2 heterocycles. The Hall–Kier alpha value is -1.83. The molecule has 116 valence electrons. The van der Waals surface area contributed by atoms with Gasteiger partial charge >= 0.3 is 6.18 Å². The van der Waals surface area contributed by atoms with Gasteiger partial charge in [-0.3, -0.25) is 4.79 Å². The van der Waals surface area contributed by atoms with Crippen LogP contribution in [0.3, 0.4) is 0 Å². The third kappa shape index (κ3) is 4.59. The van der Waals surface area contributed by atoms with Gasteiger partial charge in [-0.15, -0.1) is 0 Å². The molecule has 5 nitrogen and oxygen atoms in total. The Bertz CT molecular complexity index is 490. The Balaban J connectivity index is 1.96. The number of ether oxygens (including phenoxy) is 1. The summed E-state index contributed by atoms with van der Waals surface area (Å²) in [6, 6.07) is 2.58. The van der Waals surface area contributed by atoms with Crippen molar-refractivity contribution < 1.29 is 27.8 Å². The average molecular weight is 304 g/mol. The van der Waals surface area contributed by atoms with Gasteiger partial charge in [0.2, 0.25) is 5.88 Å². The van der Waals surface area contributed by atoms with Crippen molar-refractivity contribution in [2.45, 2.75) is 25.1 Å². The molecule has 1 saturated heterocycles. The summed E-state index contributed by atoms with van der Waals surface area (Å²) in [6.07, 6.45) is -2.42. The van der Waals surface area contributed by atoms with Crippen molar-refractivity contribution in [2.75, 3.05) is 19.7 Å². The molecule has 1 amide bonds. The fourth-order valence-electron chi connectivity index (χ4n) is 2.07. The number of aliphatic hydroxyl groups is 1. The Morgan fingerprint density at radius 1 is 1.48 bits per heavy atom. The lowest BCUT2D eigenvalue weighted by atomic mass is 10.1. The molecule has 8 heteroatoms. The van der Waals surface area contributed by atoms with Crippen LogP contribution >= 0.6 is 0 Å². The normalized spacial score (nSPS) is 19.4. The van der Waals surface area contributed by atoms with Crippen molar-refractivity contribution in [2.24, 2.45) is 0 Å². The van der Waals surface area contributed by atoms with Gasteiger partial charge in [0.15, 0.2) is 6.61 Å². The highest BCUT2D eigenvalue weighted by Gasteiger charge is 2.29. The van der Waals surface area contributed by atoms with Gasteiger partial charge in [0.1, 0.15) is 0 Å². The van der Waals surface area contributed by atoms with Crippen LogP contribution in [0.4, 0.5) is 13.2 Å². The first kappa shape index (κ1) is 15.6. The number of rotatable bonds is 3. The zero-order valence-electron chi connectivity index (χ0n) is 11.1. The molecule has 1 atom stereocenters. The molecular weight excluding hydrogens is 289 g/mol. The van der Waals surface area contributed by atoms with E-state index < -0.39 is 18.9 Å². The number of piperidine rings is 1. The van der Waals surface area contributed by atoms with E-state index in [1.807, 2.05) is 0 Å². The molecule has 1 aromatic heterocycles. The van der Waals surface area contributed by atoms with Gasteiger partial charge in [-0.2, -0.15) is 13.2 Å². The zero-order valence-corrected chi connectivity index (χ0v) is 11.1. The summed E-state index contributed by atoms with van der Waals surface area (Å²) in [7, 11) is 0. The highest BCUT2D eigenvalue weighted by atomic mass is 19.4. The van der Waals surface area contributed by atoms with Crippen LogP contribution in [0.1, 0.15) is 23.2 Å². The number of carbonyl (C=O) groups excluding carboxylic acids is 1. The van der Waals surface area contributed by atoms with E-state index in [1.54, 1.807) is 0 Å². The van der Waals surface area contributed by atoms with E-state index in [-0.39, 0.29) is 23.9 Å². The van der Waals surface area contributed by atoms with E-state index in [2.05, 4.69) is 9.72 Å². The monoisotopic (exact) mass is 304 g/mol. The Labute approximate surface area is 119 Å². The second kappa shape index (κ2) is 6.30. The third-order valence-electron chi connectivity index (χ3n) is 3.05. The minimum atomic E-state index is -4.43. The van der Waals surface area contributed by atoms with Crippen LogP contribution in [-0.2, 0) is 0 Å². The maximum atomic E-state index is 12.1. The predicted molar refractivity (Wildman–Crippen MR) is 66.9 cm³/mol. The molecule has 1 unspecified atom stereocenters. The van der Waals surface area contributed by atoms with Crippen molar-refractivity contribution in [1.82, 2.24) is 9.88 Å². The van der Waals surface area contributed by atoms with Gasteiger partial charge < -0.3 is 14.7 Å². The Morgan fingerprint density at radius 3 is 2.81 bits per heavy atom. The molecular formula is C13H15F3N2O3. The molecule has 0 radical (unpaired) electrons. The minimum absolute atomic E-state index is 0.192. The summed E-state index contributed by atoms with van der Waals surface area (Å²) >= 11 is 0. The van der Waals surface area contributed by atoms with Gasteiger partial charge in [0.05, 0.1) is 11.7 Å². The number of nitrogens with zero attached hydrogens (tertiary/aromatic N) is 2. The van der Waals surface area contributed by atoms with Crippen molar-refractivity contribution in [3.63, 3.8) is 0 Å². The van der Waals surface area contributed by atoms with Crippen LogP contribution in [0.15, 0.2) is 18.3 Å². The van der Waals surface area contributed by atoms with Crippen molar-refractivity contribution in [3.8, 4) is 5.88 Å². The third-order valence-corrected chi connectivity index (χ3v) is 3.05. The maximum Gasteiger partial charge on any atom is 0.422 e. The first-order valence-electron chi connectivity index (χ1n) is 6.48. The molecule has 21 heavy (non-hydrogen) atoms. The van der Waals surface area contributed by atoms with Crippen LogP contribution in [-0.4, -0.2) is 52.9 Å². The number of aliphatic hydroxyl groups excluding tert-OH is 1. The van der Waals surface area contributed by atoms with Crippen molar-refractivity contribution in [1.29, 1.82) is 0 Å². The van der Waals surface area contributed by atoms with Crippen LogP contribution in [0.2, 0.25) is 0 Å². The lowest BCUT2D eigenvalue weighted by Gasteiger charge is -2.30. The second-order valence-electron chi connectivity index (χ2n) is 4.84. The number of alkyl halides is 3. The summed E-state index contributed by atoms with van der Waals surface area (Å²) in [5, 5.41) is 9.53. The number of likely N-dealkylation sites (tertiary alicyclic amines) is 1. The molecule has 0 bridgehead atoms. The molecule has 1 aliphatic rings. The fourth-order valence-corrected chi connectivity index (χ4v) is 2.07. The largest absolute Gasteiger partial charge is 0.468 e. The van der Waals surface area contributed by atoms with Crippen molar-refractivity contribution >= 4 is 5.91 Å². The fraction of sp³-hybridized carbons (Fsp3) is 0.538. The van der Waals surface area contributed by atoms with Crippen LogP contribution in [0.5, 0.6) is 5.88 Å². The second-order valence-corrected chi connectivity index (χ2v) is 4.84. The average Bonchev–Trinajstić information content (AvgIpc) is 2.44. The van der Waals surface area contributed by atoms with E-state index in [9.17, 15) is 23.1 Å². The van der Waals surface area contributed by atoms with E-state index >= 15 is 0 Å². The molecule has 1 fully saturated rings. The molecule has 1 aliphatic heterocycles. The van der Waals surface area contributed by atoms with Crippen LogP contribution in [0, 0.1) is 0 Å². The quantitative estimate of drug-likeness (QED) is 0.922. The van der Waals surface area contributed by atoms with E-state index in [0.29, 0.717) is 19.4 Å². The van der Waals surface area contributed by atoms with Crippen LogP contribution in [0.25, 0.3) is 0 Å². The SMILES string of the molecule is O=C(c1ccc(OCC(F)(F)F)nc1)N1CCCC(O)C1. The van der Waals surface area contributed by atoms with E-state index in [0.717, 1.165) is 0 Å². The van der Waals surface area contributed by atoms with Gasteiger partial charge in [0, 0.05) is 25.4 Å². The molecule has 1 N–H and O–H groups in total. The number of hydrogen-bond donors (Lipinski definition) is 1. The number of pyridine rings is 1.